The van der Waals surface area contributed by atoms with Crippen molar-refractivity contribution in [2.45, 2.75) is 25.7 Å². The van der Waals surface area contributed by atoms with Gasteiger partial charge in [-0.2, -0.15) is 0 Å². The minimum atomic E-state index is 0.132. The van der Waals surface area contributed by atoms with Gasteiger partial charge in [0.05, 0.1) is 0 Å². The van der Waals surface area contributed by atoms with Crippen LogP contribution in [-0.4, -0.2) is 26.5 Å². The van der Waals surface area contributed by atoms with Crippen molar-refractivity contribution in [3.05, 3.63) is 157 Å². The summed E-state index contributed by atoms with van der Waals surface area (Å²) in [7, 11) is 0. The Kier molecular flexibility index (Phi) is 5.83. The van der Waals surface area contributed by atoms with E-state index in [-0.39, 0.29) is 13.4 Å². The van der Waals surface area contributed by atoms with Crippen LogP contribution in [0, 0.1) is 0 Å². The summed E-state index contributed by atoms with van der Waals surface area (Å²) in [6, 6.07) is 55.6. The highest BCUT2D eigenvalue weighted by molar-refractivity contribution is 7.03. The van der Waals surface area contributed by atoms with Crippen LogP contribution in [0.4, 0.5) is 56.9 Å². The van der Waals surface area contributed by atoms with Gasteiger partial charge in [0.25, 0.3) is 13.4 Å². The van der Waals surface area contributed by atoms with Gasteiger partial charge in [-0.3, -0.25) is 0 Å². The highest BCUT2D eigenvalue weighted by Crippen LogP contribution is 2.47. The fourth-order valence-electron chi connectivity index (χ4n) is 11.2. The Morgan fingerprint density at radius 3 is 1.30 bits per heavy atom. The first-order chi connectivity index (χ1) is 26.8. The van der Waals surface area contributed by atoms with Crippen LogP contribution < -0.4 is 52.4 Å². The van der Waals surface area contributed by atoms with Gasteiger partial charge in [-0.25, -0.2) is 0 Å². The molecule has 0 aliphatic carbocycles. The third-order valence-electron chi connectivity index (χ3n) is 13.2. The molecule has 4 nitrogen and oxygen atoms in total. The molecule has 13 rings (SSSR count). The van der Waals surface area contributed by atoms with Gasteiger partial charge in [0.2, 0.25) is 0 Å². The zero-order chi connectivity index (χ0) is 35.1. The molecule has 7 aromatic rings. The molecule has 6 aliphatic heterocycles. The molecule has 0 aromatic heterocycles. The number of benzene rings is 7. The second-order valence-corrected chi connectivity index (χ2v) is 15.8. The summed E-state index contributed by atoms with van der Waals surface area (Å²) in [5, 5.41) is 0. The van der Waals surface area contributed by atoms with Gasteiger partial charge in [-0.05, 0) is 124 Å². The van der Waals surface area contributed by atoms with E-state index >= 15 is 0 Å². The van der Waals surface area contributed by atoms with Crippen molar-refractivity contribution < 1.29 is 0 Å². The average molecular weight is 690 g/mol. The predicted molar refractivity (Wildman–Crippen MR) is 229 cm³/mol. The van der Waals surface area contributed by atoms with E-state index in [0.717, 1.165) is 25.9 Å². The van der Waals surface area contributed by atoms with E-state index in [1.54, 1.807) is 0 Å². The number of hydrogen-bond acceptors (Lipinski definition) is 4. The third-order valence-corrected chi connectivity index (χ3v) is 13.2. The van der Waals surface area contributed by atoms with Crippen molar-refractivity contribution in [3.8, 4) is 0 Å². The van der Waals surface area contributed by atoms with Gasteiger partial charge in [0, 0.05) is 70.0 Å². The highest BCUT2D eigenvalue weighted by Gasteiger charge is 2.48. The van der Waals surface area contributed by atoms with Crippen LogP contribution in [0.15, 0.2) is 146 Å². The summed E-state index contributed by atoms with van der Waals surface area (Å²) in [6.07, 6.45) is 4.62. The van der Waals surface area contributed by atoms with Gasteiger partial charge in [0.15, 0.2) is 0 Å². The molecule has 0 saturated carbocycles. The lowest BCUT2D eigenvalue weighted by atomic mass is 9.30. The van der Waals surface area contributed by atoms with Crippen molar-refractivity contribution in [3.63, 3.8) is 0 Å². The maximum atomic E-state index is 2.65. The lowest BCUT2D eigenvalue weighted by Gasteiger charge is -2.48. The Hall–Kier alpha value is -6.13. The molecule has 0 bridgehead atoms. The fourth-order valence-corrected chi connectivity index (χ4v) is 11.2. The molecule has 0 spiro atoms. The first-order valence-corrected chi connectivity index (χ1v) is 19.8. The van der Waals surface area contributed by atoms with E-state index in [0.29, 0.717) is 0 Å². The summed E-state index contributed by atoms with van der Waals surface area (Å²) in [5.74, 6) is 0. The van der Waals surface area contributed by atoms with Crippen molar-refractivity contribution >= 4 is 103 Å². The van der Waals surface area contributed by atoms with E-state index in [4.69, 9.17) is 0 Å². The number of rotatable bonds is 2. The van der Waals surface area contributed by atoms with Gasteiger partial charge in [0.1, 0.15) is 0 Å². The van der Waals surface area contributed by atoms with E-state index in [2.05, 4.69) is 165 Å². The predicted octanol–water partition coefficient (Wildman–Crippen LogP) is 7.08. The lowest BCUT2D eigenvalue weighted by Crippen LogP contribution is -2.66. The summed E-state index contributed by atoms with van der Waals surface area (Å²) in [5.41, 5.74) is 24.6. The topological polar surface area (TPSA) is 13.0 Å². The first-order valence-electron chi connectivity index (χ1n) is 19.8. The zero-order valence-corrected chi connectivity index (χ0v) is 30.0. The molecule has 0 atom stereocenters. The molecule has 54 heavy (non-hydrogen) atoms. The van der Waals surface area contributed by atoms with Crippen LogP contribution in [-0.2, 0) is 12.8 Å². The molecule has 6 heterocycles. The zero-order valence-electron chi connectivity index (χ0n) is 30.0. The van der Waals surface area contributed by atoms with Crippen LogP contribution in [0.25, 0.3) is 0 Å². The first kappa shape index (κ1) is 29.3. The van der Waals surface area contributed by atoms with E-state index in [9.17, 15) is 0 Å². The molecule has 0 amide bonds. The third kappa shape index (κ3) is 3.71. The second kappa shape index (κ2) is 10.7. The molecule has 7 aromatic carbocycles. The summed E-state index contributed by atoms with van der Waals surface area (Å²) >= 11 is 0. The van der Waals surface area contributed by atoms with Gasteiger partial charge >= 0.3 is 0 Å². The van der Waals surface area contributed by atoms with Gasteiger partial charge < -0.3 is 19.6 Å². The Labute approximate surface area is 317 Å². The number of anilines is 10. The largest absolute Gasteiger partial charge is 0.342 e. The van der Waals surface area contributed by atoms with Crippen LogP contribution in [0.5, 0.6) is 0 Å². The van der Waals surface area contributed by atoms with E-state index in [1.807, 2.05) is 0 Å². The van der Waals surface area contributed by atoms with Crippen molar-refractivity contribution in [1.29, 1.82) is 0 Å². The van der Waals surface area contributed by atoms with Crippen molar-refractivity contribution in [1.82, 2.24) is 0 Å². The molecule has 0 radical (unpaired) electrons. The fraction of sp³-hybridized carbons (Fsp3) is 0.125. The van der Waals surface area contributed by atoms with Crippen LogP contribution in [0.3, 0.4) is 0 Å². The molecule has 254 valence electrons. The lowest BCUT2D eigenvalue weighted by molar-refractivity contribution is 0.769. The van der Waals surface area contributed by atoms with Crippen molar-refractivity contribution in [2.24, 2.45) is 0 Å². The summed E-state index contributed by atoms with van der Waals surface area (Å²) in [4.78, 5) is 10.4. The molecule has 0 N–H and O–H groups in total. The summed E-state index contributed by atoms with van der Waals surface area (Å²) < 4.78 is 0. The van der Waals surface area contributed by atoms with Crippen LogP contribution in [0.1, 0.15) is 24.0 Å². The molecule has 6 aliphatic rings. The Morgan fingerprint density at radius 2 is 0.815 bits per heavy atom. The summed E-state index contributed by atoms with van der Waals surface area (Å²) in [6.45, 7) is 2.37. The highest BCUT2D eigenvalue weighted by atomic mass is 15.2. The number of fused-ring (bicyclic) bond motifs is 8. The Morgan fingerprint density at radius 1 is 0.370 bits per heavy atom. The maximum absolute atomic E-state index is 2.65. The molecule has 0 unspecified atom stereocenters. The minimum absolute atomic E-state index is 0.132. The standard InChI is InChI=1S/C48H36B2N4/c1-3-17-33(18-4-1)53-41-25-9-23-39-45(41)49(35-21-7-13-31-15-11-27-51(39)47(31)35)37-29-38-44(30-43(37)53)54(34-19-5-2-6-20-34)42-26-10-24-40-46(42)50(38)36-22-8-14-32-16-12-28-52(40)48(32)36/h1-10,13-14,17-26,29-30H,11-12,15-16,27-28H2. The minimum Gasteiger partial charge on any atom is -0.342 e. The van der Waals surface area contributed by atoms with Gasteiger partial charge in [-0.15, -0.1) is 0 Å². The Balaban J connectivity index is 1.16. The molecular formula is C48H36B2N4. The number of nitrogens with zero attached hydrogens (tertiary/aromatic N) is 4. The number of aryl methyl sites for hydroxylation is 2. The maximum Gasteiger partial charge on any atom is 0.252 e. The Bertz CT molecular complexity index is 2550. The molecule has 0 saturated heterocycles. The molecule has 6 heteroatoms. The SMILES string of the molecule is c1ccc(N2c3cc4c(cc3B3c5cccc6c5N(CCC6)c5cccc2c53)B2c3cccc5c3N(CCC5)c3cccc(c32)N4c2ccccc2)cc1. The number of hydrogen-bond donors (Lipinski definition) is 0. The smallest absolute Gasteiger partial charge is 0.252 e. The monoisotopic (exact) mass is 690 g/mol. The molecular weight excluding hydrogens is 654 g/mol. The van der Waals surface area contributed by atoms with Crippen molar-refractivity contribution in [2.75, 3.05) is 32.7 Å². The normalized spacial score (nSPS) is 16.2. The second-order valence-electron chi connectivity index (χ2n) is 15.8. The van der Waals surface area contributed by atoms with Gasteiger partial charge in [-0.1, -0.05) is 91.0 Å². The van der Waals surface area contributed by atoms with E-state index in [1.165, 1.54) is 114 Å². The van der Waals surface area contributed by atoms with Crippen LogP contribution in [0.2, 0.25) is 0 Å². The molecule has 0 fully saturated rings. The van der Waals surface area contributed by atoms with E-state index < -0.39 is 0 Å². The quantitative estimate of drug-likeness (QED) is 0.180. The van der Waals surface area contributed by atoms with Crippen LogP contribution >= 0.6 is 0 Å². The number of para-hydroxylation sites is 4. The average Bonchev–Trinajstić information content (AvgIpc) is 3.23.